The maximum atomic E-state index is 14.4. The van der Waals surface area contributed by atoms with Crippen LogP contribution in [0.25, 0.3) is 17.4 Å². The monoisotopic (exact) mass is 407 g/mol. The summed E-state index contributed by atoms with van der Waals surface area (Å²) < 4.78 is 21.3. The van der Waals surface area contributed by atoms with Crippen molar-refractivity contribution >= 4 is 17.4 Å². The van der Waals surface area contributed by atoms with Gasteiger partial charge in [-0.3, -0.25) is 0 Å². The molecule has 1 fully saturated rings. The number of fused-ring (bicyclic) bond motifs is 1. The molecule has 154 valence electrons. The molecule has 0 spiro atoms. The molecule has 0 aliphatic carbocycles. The molecule has 8 nitrogen and oxygen atoms in total. The zero-order valence-electron chi connectivity index (χ0n) is 16.3. The first-order chi connectivity index (χ1) is 14.6. The molecule has 5 N–H and O–H groups in total. The predicted octanol–water partition coefficient (Wildman–Crippen LogP) is 2.77. The van der Waals surface area contributed by atoms with Gasteiger partial charge in [0.15, 0.2) is 5.76 Å². The van der Waals surface area contributed by atoms with Crippen molar-refractivity contribution in [3.8, 4) is 11.6 Å². The summed E-state index contributed by atoms with van der Waals surface area (Å²) in [7, 11) is 0. The highest BCUT2D eigenvalue weighted by molar-refractivity contribution is 5.63. The van der Waals surface area contributed by atoms with Gasteiger partial charge in [-0.05, 0) is 49.6 Å². The molecule has 5 rings (SSSR count). The average molecular weight is 407 g/mol. The molecule has 1 aliphatic rings. The molecule has 3 aromatic heterocycles. The zero-order chi connectivity index (χ0) is 20.7. The quantitative estimate of drug-likeness (QED) is 0.465. The topological polar surface area (TPSA) is 120 Å². The van der Waals surface area contributed by atoms with Crippen LogP contribution in [-0.4, -0.2) is 32.2 Å². The third-order valence-corrected chi connectivity index (χ3v) is 5.68. The standard InChI is InChI=1S/C21H22FN7O/c22-14-6-2-1-5-12(14)11-13(15-7-3-9-25-15)17-18(23)26-21-27-20(16-8-4-10-30-16)28-29(21)19(17)24/h1-2,4-6,8,10,13,15,25H,3,7,9,11,24H2,(H2,23,26,27,28). The minimum atomic E-state index is -0.243. The highest BCUT2D eigenvalue weighted by Crippen LogP contribution is 2.36. The first-order valence-corrected chi connectivity index (χ1v) is 9.94. The molecular weight excluding hydrogens is 385 g/mol. The Labute approximate surface area is 172 Å². The summed E-state index contributed by atoms with van der Waals surface area (Å²) in [6, 6.07) is 10.4. The largest absolute Gasteiger partial charge is 0.461 e. The summed E-state index contributed by atoms with van der Waals surface area (Å²) in [6.07, 6.45) is 3.99. The lowest BCUT2D eigenvalue weighted by molar-refractivity contribution is 0.476. The molecule has 2 atom stereocenters. The van der Waals surface area contributed by atoms with Gasteiger partial charge < -0.3 is 21.2 Å². The lowest BCUT2D eigenvalue weighted by atomic mass is 9.85. The van der Waals surface area contributed by atoms with Crippen LogP contribution in [0.3, 0.4) is 0 Å². The van der Waals surface area contributed by atoms with Gasteiger partial charge >= 0.3 is 0 Å². The molecule has 0 bridgehead atoms. The summed E-state index contributed by atoms with van der Waals surface area (Å²) in [5, 5.41) is 7.97. The number of hydrogen-bond acceptors (Lipinski definition) is 7. The van der Waals surface area contributed by atoms with E-state index in [1.54, 1.807) is 30.5 Å². The summed E-state index contributed by atoms with van der Waals surface area (Å²) in [5.74, 6) is 1.43. The molecule has 4 heterocycles. The Balaban J connectivity index is 1.62. The van der Waals surface area contributed by atoms with E-state index in [-0.39, 0.29) is 23.6 Å². The van der Waals surface area contributed by atoms with Crippen molar-refractivity contribution in [2.24, 2.45) is 0 Å². The number of aromatic nitrogens is 4. The summed E-state index contributed by atoms with van der Waals surface area (Å²) in [6.45, 7) is 0.903. The van der Waals surface area contributed by atoms with Gasteiger partial charge in [0.1, 0.15) is 17.5 Å². The van der Waals surface area contributed by atoms with Crippen LogP contribution in [-0.2, 0) is 6.42 Å². The van der Waals surface area contributed by atoms with Crippen molar-refractivity contribution in [1.29, 1.82) is 0 Å². The second kappa shape index (κ2) is 7.42. The molecule has 1 aliphatic heterocycles. The van der Waals surface area contributed by atoms with Crippen molar-refractivity contribution in [3.63, 3.8) is 0 Å². The van der Waals surface area contributed by atoms with E-state index in [0.717, 1.165) is 19.4 Å². The van der Waals surface area contributed by atoms with Crippen LogP contribution in [0.15, 0.2) is 47.1 Å². The molecule has 1 saturated heterocycles. The van der Waals surface area contributed by atoms with Gasteiger partial charge in [-0.25, -0.2) is 4.39 Å². The number of rotatable bonds is 5. The van der Waals surface area contributed by atoms with E-state index in [1.807, 2.05) is 6.07 Å². The summed E-state index contributed by atoms with van der Waals surface area (Å²) in [4.78, 5) is 8.83. The van der Waals surface area contributed by atoms with Crippen molar-refractivity contribution in [2.75, 3.05) is 18.0 Å². The lowest BCUT2D eigenvalue weighted by Crippen LogP contribution is -2.32. The first-order valence-electron chi connectivity index (χ1n) is 9.94. The maximum absolute atomic E-state index is 14.4. The number of nitrogens with zero attached hydrogens (tertiary/aromatic N) is 4. The van der Waals surface area contributed by atoms with Crippen LogP contribution in [0, 0.1) is 5.82 Å². The fourth-order valence-corrected chi connectivity index (χ4v) is 4.24. The number of hydrogen-bond donors (Lipinski definition) is 3. The van der Waals surface area contributed by atoms with Crippen LogP contribution >= 0.6 is 0 Å². The molecule has 9 heteroatoms. The minimum absolute atomic E-state index is 0.113. The highest BCUT2D eigenvalue weighted by Gasteiger charge is 2.32. The fraction of sp³-hybridized carbons (Fsp3) is 0.286. The van der Waals surface area contributed by atoms with Gasteiger partial charge in [0, 0.05) is 17.5 Å². The minimum Gasteiger partial charge on any atom is -0.461 e. The lowest BCUT2D eigenvalue weighted by Gasteiger charge is -2.26. The molecule has 0 radical (unpaired) electrons. The Morgan fingerprint density at radius 1 is 1.20 bits per heavy atom. The van der Waals surface area contributed by atoms with Crippen molar-refractivity contribution in [2.45, 2.75) is 31.2 Å². The number of nitrogens with one attached hydrogen (secondary N) is 1. The normalized spacial score (nSPS) is 17.6. The van der Waals surface area contributed by atoms with Crippen LogP contribution < -0.4 is 16.8 Å². The third kappa shape index (κ3) is 3.17. The van der Waals surface area contributed by atoms with Crippen molar-refractivity contribution < 1.29 is 8.81 Å². The van der Waals surface area contributed by atoms with Gasteiger partial charge in [-0.1, -0.05) is 18.2 Å². The van der Waals surface area contributed by atoms with Gasteiger partial charge in [-0.2, -0.15) is 14.5 Å². The van der Waals surface area contributed by atoms with Crippen LogP contribution in [0.5, 0.6) is 0 Å². The van der Waals surface area contributed by atoms with Crippen LogP contribution in [0.4, 0.5) is 16.0 Å². The number of anilines is 2. The zero-order valence-corrected chi connectivity index (χ0v) is 16.3. The Hall–Kier alpha value is -3.46. The van der Waals surface area contributed by atoms with E-state index >= 15 is 0 Å². The van der Waals surface area contributed by atoms with E-state index < -0.39 is 0 Å². The van der Waals surface area contributed by atoms with E-state index in [9.17, 15) is 4.39 Å². The molecule has 30 heavy (non-hydrogen) atoms. The number of benzene rings is 1. The smallest absolute Gasteiger partial charge is 0.256 e. The summed E-state index contributed by atoms with van der Waals surface area (Å²) in [5.41, 5.74) is 14.2. The van der Waals surface area contributed by atoms with Gasteiger partial charge in [-0.15, -0.1) is 5.10 Å². The van der Waals surface area contributed by atoms with Gasteiger partial charge in [0.2, 0.25) is 5.82 Å². The van der Waals surface area contributed by atoms with Crippen molar-refractivity contribution in [3.05, 3.63) is 59.6 Å². The molecule has 0 saturated carbocycles. The Bertz CT molecular complexity index is 1180. The number of nitrogens with two attached hydrogens (primary N) is 2. The maximum Gasteiger partial charge on any atom is 0.256 e. The van der Waals surface area contributed by atoms with E-state index in [2.05, 4.69) is 20.4 Å². The van der Waals surface area contributed by atoms with Crippen LogP contribution in [0.1, 0.15) is 29.9 Å². The number of halogens is 1. The highest BCUT2D eigenvalue weighted by atomic mass is 19.1. The van der Waals surface area contributed by atoms with E-state index in [4.69, 9.17) is 15.9 Å². The predicted molar refractivity (Wildman–Crippen MR) is 111 cm³/mol. The molecule has 2 unspecified atom stereocenters. The Kier molecular flexibility index (Phi) is 4.59. The first kappa shape index (κ1) is 18.6. The molecule has 1 aromatic carbocycles. The van der Waals surface area contributed by atoms with Crippen molar-refractivity contribution in [1.82, 2.24) is 24.9 Å². The third-order valence-electron chi connectivity index (χ3n) is 5.68. The molecule has 4 aromatic rings. The molecular formula is C21H22FN7O. The average Bonchev–Trinajstić information content (AvgIpc) is 3.49. The Morgan fingerprint density at radius 2 is 2.07 bits per heavy atom. The van der Waals surface area contributed by atoms with Gasteiger partial charge in [0.25, 0.3) is 5.78 Å². The number of furan rings is 1. The van der Waals surface area contributed by atoms with Gasteiger partial charge in [0.05, 0.1) is 6.26 Å². The van der Waals surface area contributed by atoms with E-state index in [0.29, 0.717) is 40.7 Å². The molecule has 0 amide bonds. The Morgan fingerprint density at radius 3 is 2.80 bits per heavy atom. The number of nitrogen functional groups attached to an aromatic ring is 2. The fourth-order valence-electron chi connectivity index (χ4n) is 4.24. The SMILES string of the molecule is Nc1nc2nc(-c3ccco3)nn2c(N)c1C(Cc1ccccc1F)C1CCCN1. The summed E-state index contributed by atoms with van der Waals surface area (Å²) >= 11 is 0. The second-order valence-electron chi connectivity index (χ2n) is 7.53. The second-order valence-corrected chi connectivity index (χ2v) is 7.53. The van der Waals surface area contributed by atoms with Crippen LogP contribution in [0.2, 0.25) is 0 Å². The van der Waals surface area contributed by atoms with E-state index in [1.165, 1.54) is 10.6 Å².